The maximum Gasteiger partial charge on any atom is 0.198 e. The normalized spacial score (nSPS) is 18.8. The van der Waals surface area contributed by atoms with Crippen LogP contribution in [0.1, 0.15) is 25.7 Å². The van der Waals surface area contributed by atoms with E-state index in [2.05, 4.69) is 4.90 Å². The number of unbranched alkanes of at least 4 members (excludes halogenated alkanes) is 3. The van der Waals surface area contributed by atoms with Gasteiger partial charge < -0.3 is 4.74 Å². The zero-order valence-corrected chi connectivity index (χ0v) is 8.13. The van der Waals surface area contributed by atoms with Crippen LogP contribution >= 0.6 is 0 Å². The van der Waals surface area contributed by atoms with E-state index < -0.39 is 0 Å². The molecule has 0 spiro atoms. The molecule has 1 rings (SSSR count). The number of carbonyl (C=O) groups excluding carboxylic acids is 1. The largest absolute Gasteiger partial charge is 0.379 e. The number of nitrogens with zero attached hydrogens (tertiary/aromatic N) is 1. The Morgan fingerprint density at radius 3 is 2.62 bits per heavy atom. The van der Waals surface area contributed by atoms with Gasteiger partial charge in [-0.15, -0.1) is 0 Å². The summed E-state index contributed by atoms with van der Waals surface area (Å²) < 4.78 is 5.25. The van der Waals surface area contributed by atoms with Gasteiger partial charge >= 0.3 is 0 Å². The summed E-state index contributed by atoms with van der Waals surface area (Å²) in [5.41, 5.74) is 0. The number of hydrogen-bond acceptors (Lipinski definition) is 3. The van der Waals surface area contributed by atoms with E-state index >= 15 is 0 Å². The lowest BCUT2D eigenvalue weighted by Crippen LogP contribution is -2.36. The summed E-state index contributed by atoms with van der Waals surface area (Å²) in [7, 11) is 0. The van der Waals surface area contributed by atoms with Gasteiger partial charge in [-0.2, -0.15) is 0 Å². The van der Waals surface area contributed by atoms with E-state index in [1.54, 1.807) is 0 Å². The first kappa shape index (κ1) is 10.7. The van der Waals surface area contributed by atoms with Gasteiger partial charge in [0.2, 0.25) is 0 Å². The van der Waals surface area contributed by atoms with Crippen molar-refractivity contribution in [2.45, 2.75) is 25.7 Å². The molecule has 3 nitrogen and oxygen atoms in total. The van der Waals surface area contributed by atoms with Crippen molar-refractivity contribution in [2.24, 2.45) is 0 Å². The molecule has 0 aromatic heterocycles. The standard InChI is InChI=1S/C10H18NO2/c12-8-4-2-1-3-5-11-6-9-13-10-7-11/h1-7,9-10H2. The zero-order valence-electron chi connectivity index (χ0n) is 8.13. The second-order valence-electron chi connectivity index (χ2n) is 3.41. The second kappa shape index (κ2) is 7.04. The molecular formula is C10H18NO2. The van der Waals surface area contributed by atoms with Crippen molar-refractivity contribution in [3.8, 4) is 0 Å². The van der Waals surface area contributed by atoms with E-state index in [9.17, 15) is 4.79 Å². The van der Waals surface area contributed by atoms with Crippen LogP contribution < -0.4 is 0 Å². The number of rotatable bonds is 6. The minimum atomic E-state index is 0.600. The van der Waals surface area contributed by atoms with Crippen molar-refractivity contribution in [3.63, 3.8) is 0 Å². The third kappa shape index (κ3) is 5.01. The summed E-state index contributed by atoms with van der Waals surface area (Å²) in [6.45, 7) is 5.05. The van der Waals surface area contributed by atoms with Gasteiger partial charge in [0.05, 0.1) is 13.2 Å². The van der Waals surface area contributed by atoms with E-state index in [1.807, 2.05) is 6.29 Å². The molecule has 0 unspecified atom stereocenters. The fraction of sp³-hybridized carbons (Fsp3) is 0.900. The molecule has 0 N–H and O–H groups in total. The molecule has 1 radical (unpaired) electrons. The summed E-state index contributed by atoms with van der Waals surface area (Å²) in [6, 6.07) is 0. The molecule has 0 amide bonds. The first-order valence-electron chi connectivity index (χ1n) is 5.08. The smallest absolute Gasteiger partial charge is 0.198 e. The fourth-order valence-corrected chi connectivity index (χ4v) is 1.53. The van der Waals surface area contributed by atoms with Gasteiger partial charge in [0.1, 0.15) is 0 Å². The summed E-state index contributed by atoms with van der Waals surface area (Å²) >= 11 is 0. The molecule has 0 aliphatic carbocycles. The Morgan fingerprint density at radius 1 is 1.15 bits per heavy atom. The Bertz CT molecular complexity index is 133. The van der Waals surface area contributed by atoms with Crippen LogP contribution in [0.15, 0.2) is 0 Å². The predicted molar refractivity (Wildman–Crippen MR) is 51.4 cm³/mol. The average molecular weight is 184 g/mol. The molecule has 1 aliphatic rings. The Morgan fingerprint density at radius 2 is 1.92 bits per heavy atom. The van der Waals surface area contributed by atoms with Gasteiger partial charge in [-0.05, 0) is 19.4 Å². The second-order valence-corrected chi connectivity index (χ2v) is 3.41. The highest BCUT2D eigenvalue weighted by Gasteiger charge is 2.08. The van der Waals surface area contributed by atoms with Gasteiger partial charge in [-0.3, -0.25) is 9.69 Å². The van der Waals surface area contributed by atoms with Crippen LogP contribution in [0.25, 0.3) is 0 Å². The molecule has 1 saturated heterocycles. The summed E-state index contributed by atoms with van der Waals surface area (Å²) in [5.74, 6) is 0. The highest BCUT2D eigenvalue weighted by molar-refractivity contribution is 5.50. The third-order valence-electron chi connectivity index (χ3n) is 2.36. The third-order valence-corrected chi connectivity index (χ3v) is 2.36. The van der Waals surface area contributed by atoms with Gasteiger partial charge in [0.15, 0.2) is 6.29 Å². The molecule has 1 heterocycles. The van der Waals surface area contributed by atoms with Crippen molar-refractivity contribution in [1.82, 2.24) is 4.90 Å². The van der Waals surface area contributed by atoms with Crippen LogP contribution in [0.3, 0.4) is 0 Å². The van der Waals surface area contributed by atoms with Gasteiger partial charge in [0.25, 0.3) is 0 Å². The molecule has 1 fully saturated rings. The van der Waals surface area contributed by atoms with Gasteiger partial charge in [0, 0.05) is 19.5 Å². The predicted octanol–water partition coefficient (Wildman–Crippen LogP) is 0.989. The van der Waals surface area contributed by atoms with Gasteiger partial charge in [-0.25, -0.2) is 0 Å². The molecule has 0 atom stereocenters. The Hall–Kier alpha value is -0.410. The SMILES string of the molecule is O=[C]CCCCCN1CCOCC1. The monoisotopic (exact) mass is 184 g/mol. The van der Waals surface area contributed by atoms with E-state index in [4.69, 9.17) is 4.74 Å². The van der Waals surface area contributed by atoms with Crippen molar-refractivity contribution < 1.29 is 9.53 Å². The zero-order chi connectivity index (χ0) is 9.36. The highest BCUT2D eigenvalue weighted by Crippen LogP contribution is 2.02. The maximum absolute atomic E-state index is 9.92. The molecule has 0 bridgehead atoms. The summed E-state index contributed by atoms with van der Waals surface area (Å²) in [5, 5.41) is 0. The molecule has 0 aromatic carbocycles. The molecule has 1 aliphatic heterocycles. The fourth-order valence-electron chi connectivity index (χ4n) is 1.53. The van der Waals surface area contributed by atoms with Crippen LogP contribution in [0.5, 0.6) is 0 Å². The van der Waals surface area contributed by atoms with Crippen LogP contribution in [0, 0.1) is 0 Å². The van der Waals surface area contributed by atoms with Crippen LogP contribution in [0.4, 0.5) is 0 Å². The molecule has 0 aromatic rings. The van der Waals surface area contributed by atoms with Crippen molar-refractivity contribution >= 4 is 6.29 Å². The van der Waals surface area contributed by atoms with Crippen LogP contribution in [0.2, 0.25) is 0 Å². The summed E-state index contributed by atoms with van der Waals surface area (Å²) in [4.78, 5) is 12.3. The number of morpholine rings is 1. The van der Waals surface area contributed by atoms with E-state index in [0.717, 1.165) is 45.7 Å². The van der Waals surface area contributed by atoms with Crippen LogP contribution in [-0.2, 0) is 9.53 Å². The van der Waals surface area contributed by atoms with E-state index in [-0.39, 0.29) is 0 Å². The van der Waals surface area contributed by atoms with Gasteiger partial charge in [-0.1, -0.05) is 6.42 Å². The average Bonchev–Trinajstić information content (AvgIpc) is 2.19. The molecule has 13 heavy (non-hydrogen) atoms. The molecule has 75 valence electrons. The maximum atomic E-state index is 9.92. The van der Waals surface area contributed by atoms with Crippen molar-refractivity contribution in [3.05, 3.63) is 0 Å². The lowest BCUT2D eigenvalue weighted by molar-refractivity contribution is 0.0371. The number of ether oxygens (including phenoxy) is 1. The first-order valence-corrected chi connectivity index (χ1v) is 5.08. The minimum Gasteiger partial charge on any atom is -0.379 e. The minimum absolute atomic E-state index is 0.600. The first-order chi connectivity index (χ1) is 6.43. The Kier molecular flexibility index (Phi) is 5.78. The lowest BCUT2D eigenvalue weighted by atomic mass is 10.2. The topological polar surface area (TPSA) is 29.5 Å². The molecule has 3 heteroatoms. The Balaban J connectivity index is 1.89. The quantitative estimate of drug-likeness (QED) is 0.576. The number of hydrogen-bond donors (Lipinski definition) is 0. The van der Waals surface area contributed by atoms with E-state index in [0.29, 0.717) is 6.42 Å². The van der Waals surface area contributed by atoms with Crippen molar-refractivity contribution in [1.29, 1.82) is 0 Å². The highest BCUT2D eigenvalue weighted by atomic mass is 16.5. The molecular weight excluding hydrogens is 166 g/mol. The summed E-state index contributed by atoms with van der Waals surface area (Å²) in [6.07, 6.45) is 5.86. The van der Waals surface area contributed by atoms with E-state index in [1.165, 1.54) is 6.42 Å². The Labute approximate surface area is 80.1 Å². The lowest BCUT2D eigenvalue weighted by Gasteiger charge is -2.26. The van der Waals surface area contributed by atoms with Crippen molar-refractivity contribution in [2.75, 3.05) is 32.8 Å². The van der Waals surface area contributed by atoms with Crippen LogP contribution in [-0.4, -0.2) is 44.0 Å². The molecule has 0 saturated carbocycles.